The maximum atomic E-state index is 9.21. The molecule has 90 valence electrons. The molecule has 0 radical (unpaired) electrons. The van der Waals surface area contributed by atoms with Crippen molar-refractivity contribution in [2.45, 2.75) is 24.9 Å². The Morgan fingerprint density at radius 3 is 2.94 bits per heavy atom. The molecule has 1 aliphatic carbocycles. The van der Waals surface area contributed by atoms with Crippen LogP contribution in [0.2, 0.25) is 0 Å². The SMILES string of the molecule is NC(CO)c1nc2cc(Br)ccc2n1C1CC1. The summed E-state index contributed by atoms with van der Waals surface area (Å²) >= 11 is 3.44. The van der Waals surface area contributed by atoms with Crippen LogP contribution in [0.4, 0.5) is 0 Å². The molecule has 17 heavy (non-hydrogen) atoms. The van der Waals surface area contributed by atoms with E-state index in [2.05, 4.69) is 31.5 Å². The highest BCUT2D eigenvalue weighted by Crippen LogP contribution is 2.40. The number of nitrogens with two attached hydrogens (primary N) is 1. The van der Waals surface area contributed by atoms with Crippen LogP contribution in [0.5, 0.6) is 0 Å². The normalized spacial score (nSPS) is 17.6. The molecule has 1 heterocycles. The molecule has 0 saturated heterocycles. The van der Waals surface area contributed by atoms with E-state index in [4.69, 9.17) is 5.73 Å². The number of hydrogen-bond donors (Lipinski definition) is 2. The molecule has 1 aromatic heterocycles. The predicted molar refractivity (Wildman–Crippen MR) is 69.7 cm³/mol. The molecule has 0 amide bonds. The molecule has 0 aliphatic heterocycles. The van der Waals surface area contributed by atoms with Crippen LogP contribution in [0.25, 0.3) is 11.0 Å². The van der Waals surface area contributed by atoms with Crippen molar-refractivity contribution in [3.8, 4) is 0 Å². The molecule has 5 heteroatoms. The van der Waals surface area contributed by atoms with E-state index in [9.17, 15) is 5.11 Å². The fourth-order valence-corrected chi connectivity index (χ4v) is 2.50. The minimum absolute atomic E-state index is 0.0722. The second kappa shape index (κ2) is 4.08. The lowest BCUT2D eigenvalue weighted by Crippen LogP contribution is -2.19. The van der Waals surface area contributed by atoms with E-state index < -0.39 is 6.04 Å². The topological polar surface area (TPSA) is 64.1 Å². The van der Waals surface area contributed by atoms with Gasteiger partial charge in [0.05, 0.1) is 23.7 Å². The molecule has 2 aromatic rings. The number of aliphatic hydroxyl groups is 1. The van der Waals surface area contributed by atoms with Crippen molar-refractivity contribution in [3.63, 3.8) is 0 Å². The highest BCUT2D eigenvalue weighted by Gasteiger charge is 2.29. The maximum absolute atomic E-state index is 9.21. The lowest BCUT2D eigenvalue weighted by atomic mass is 10.3. The number of benzene rings is 1. The number of fused-ring (bicyclic) bond motifs is 1. The van der Waals surface area contributed by atoms with Crippen molar-refractivity contribution in [1.29, 1.82) is 0 Å². The molecule has 3 rings (SSSR count). The van der Waals surface area contributed by atoms with Crippen LogP contribution in [0.1, 0.15) is 30.7 Å². The average Bonchev–Trinajstić information content (AvgIpc) is 3.09. The van der Waals surface area contributed by atoms with Crippen molar-refractivity contribution in [2.75, 3.05) is 6.61 Å². The minimum Gasteiger partial charge on any atom is -0.394 e. The summed E-state index contributed by atoms with van der Waals surface area (Å²) in [5.41, 5.74) is 7.96. The maximum Gasteiger partial charge on any atom is 0.129 e. The summed E-state index contributed by atoms with van der Waals surface area (Å²) in [6.07, 6.45) is 2.35. The van der Waals surface area contributed by atoms with Crippen LogP contribution < -0.4 is 5.73 Å². The van der Waals surface area contributed by atoms with Crippen molar-refractivity contribution in [3.05, 3.63) is 28.5 Å². The first-order chi connectivity index (χ1) is 8.20. The second-order valence-electron chi connectivity index (χ2n) is 4.49. The van der Waals surface area contributed by atoms with Gasteiger partial charge in [-0.2, -0.15) is 0 Å². The molecule has 1 unspecified atom stereocenters. The number of imidazole rings is 1. The van der Waals surface area contributed by atoms with Gasteiger partial charge in [-0.05, 0) is 31.0 Å². The molecule has 1 atom stereocenters. The third-order valence-corrected chi connectivity index (χ3v) is 3.61. The van der Waals surface area contributed by atoms with Crippen LogP contribution in [0, 0.1) is 0 Å². The summed E-state index contributed by atoms with van der Waals surface area (Å²) in [5, 5.41) is 9.21. The first-order valence-electron chi connectivity index (χ1n) is 5.74. The molecule has 1 fully saturated rings. The molecule has 0 spiro atoms. The van der Waals surface area contributed by atoms with E-state index in [1.54, 1.807) is 0 Å². The number of nitrogens with zero attached hydrogens (tertiary/aromatic N) is 2. The van der Waals surface area contributed by atoms with Gasteiger partial charge in [-0.3, -0.25) is 0 Å². The van der Waals surface area contributed by atoms with E-state index >= 15 is 0 Å². The van der Waals surface area contributed by atoms with E-state index in [1.165, 1.54) is 12.8 Å². The first kappa shape index (κ1) is 11.2. The van der Waals surface area contributed by atoms with Gasteiger partial charge in [-0.25, -0.2) is 4.98 Å². The van der Waals surface area contributed by atoms with Gasteiger partial charge in [0.15, 0.2) is 0 Å². The fourth-order valence-electron chi connectivity index (χ4n) is 2.15. The number of aliphatic hydroxyl groups excluding tert-OH is 1. The van der Waals surface area contributed by atoms with Crippen molar-refractivity contribution in [2.24, 2.45) is 5.73 Å². The van der Waals surface area contributed by atoms with Gasteiger partial charge in [0.1, 0.15) is 5.82 Å². The highest BCUT2D eigenvalue weighted by atomic mass is 79.9. The number of aromatic nitrogens is 2. The Bertz CT molecular complexity index is 562. The zero-order valence-electron chi connectivity index (χ0n) is 9.31. The lowest BCUT2D eigenvalue weighted by Gasteiger charge is -2.11. The Balaban J connectivity index is 2.22. The van der Waals surface area contributed by atoms with Crippen LogP contribution in [0.15, 0.2) is 22.7 Å². The fraction of sp³-hybridized carbons (Fsp3) is 0.417. The Labute approximate surface area is 108 Å². The summed E-state index contributed by atoms with van der Waals surface area (Å²) in [7, 11) is 0. The van der Waals surface area contributed by atoms with Crippen LogP contribution >= 0.6 is 15.9 Å². The first-order valence-corrected chi connectivity index (χ1v) is 6.54. The minimum atomic E-state index is -0.401. The third kappa shape index (κ3) is 1.88. The number of hydrogen-bond acceptors (Lipinski definition) is 3. The van der Waals surface area contributed by atoms with Crippen molar-refractivity contribution in [1.82, 2.24) is 9.55 Å². The quantitative estimate of drug-likeness (QED) is 0.912. The Hall–Kier alpha value is -0.910. The molecular formula is C12H14BrN3O. The van der Waals surface area contributed by atoms with E-state index in [-0.39, 0.29) is 6.61 Å². The third-order valence-electron chi connectivity index (χ3n) is 3.12. The van der Waals surface area contributed by atoms with Crippen LogP contribution in [0.3, 0.4) is 0 Å². The van der Waals surface area contributed by atoms with E-state index in [0.717, 1.165) is 21.3 Å². The van der Waals surface area contributed by atoms with Crippen molar-refractivity contribution < 1.29 is 5.11 Å². The predicted octanol–water partition coefficient (Wildman–Crippen LogP) is 2.13. The van der Waals surface area contributed by atoms with Gasteiger partial charge in [0.25, 0.3) is 0 Å². The van der Waals surface area contributed by atoms with Gasteiger partial charge < -0.3 is 15.4 Å². The second-order valence-corrected chi connectivity index (χ2v) is 5.41. The Morgan fingerprint density at radius 2 is 2.29 bits per heavy atom. The summed E-state index contributed by atoms with van der Waals surface area (Å²) < 4.78 is 3.19. The zero-order chi connectivity index (χ0) is 12.0. The highest BCUT2D eigenvalue weighted by molar-refractivity contribution is 9.10. The average molecular weight is 296 g/mol. The van der Waals surface area contributed by atoms with Crippen LogP contribution in [-0.2, 0) is 0 Å². The van der Waals surface area contributed by atoms with Gasteiger partial charge in [0.2, 0.25) is 0 Å². The molecule has 3 N–H and O–H groups in total. The van der Waals surface area contributed by atoms with E-state index in [0.29, 0.717) is 6.04 Å². The molecule has 4 nitrogen and oxygen atoms in total. The lowest BCUT2D eigenvalue weighted by molar-refractivity contribution is 0.261. The summed E-state index contributed by atoms with van der Waals surface area (Å²) in [5.74, 6) is 0.795. The summed E-state index contributed by atoms with van der Waals surface area (Å²) in [6.45, 7) is -0.0722. The van der Waals surface area contributed by atoms with Gasteiger partial charge in [0, 0.05) is 10.5 Å². The van der Waals surface area contributed by atoms with Gasteiger partial charge in [-0.1, -0.05) is 15.9 Å². The molecular weight excluding hydrogens is 282 g/mol. The van der Waals surface area contributed by atoms with Gasteiger partial charge >= 0.3 is 0 Å². The molecule has 1 saturated carbocycles. The number of rotatable bonds is 3. The zero-order valence-corrected chi connectivity index (χ0v) is 10.9. The largest absolute Gasteiger partial charge is 0.394 e. The van der Waals surface area contributed by atoms with Crippen molar-refractivity contribution >= 4 is 27.0 Å². The van der Waals surface area contributed by atoms with Gasteiger partial charge in [-0.15, -0.1) is 0 Å². The smallest absolute Gasteiger partial charge is 0.129 e. The van der Waals surface area contributed by atoms with Crippen LogP contribution in [-0.4, -0.2) is 21.3 Å². The molecule has 1 aliphatic rings. The van der Waals surface area contributed by atoms with E-state index in [1.807, 2.05) is 12.1 Å². The monoisotopic (exact) mass is 295 g/mol. The standard InChI is InChI=1S/C12H14BrN3O/c13-7-1-4-11-10(5-7)15-12(9(14)6-17)16(11)8-2-3-8/h1,4-5,8-9,17H,2-3,6,14H2. The summed E-state index contributed by atoms with van der Waals surface area (Å²) in [6, 6.07) is 6.16. The summed E-state index contributed by atoms with van der Waals surface area (Å²) in [4.78, 5) is 4.55. The number of halogens is 1. The Morgan fingerprint density at radius 1 is 1.53 bits per heavy atom. The molecule has 1 aromatic carbocycles. The molecule has 0 bridgehead atoms. The Kier molecular flexibility index (Phi) is 2.69.